The first-order valence-corrected chi connectivity index (χ1v) is 8.65. The van der Waals surface area contributed by atoms with Crippen molar-refractivity contribution in [2.75, 3.05) is 6.61 Å². The van der Waals surface area contributed by atoms with E-state index in [1.54, 1.807) is 6.92 Å². The lowest BCUT2D eigenvalue weighted by atomic mass is 10.1. The molecule has 3 N–H and O–H groups in total. The van der Waals surface area contributed by atoms with E-state index in [2.05, 4.69) is 10.6 Å². The largest absolute Gasteiger partial charge is 0.462 e. The second-order valence-electron chi connectivity index (χ2n) is 6.79. The van der Waals surface area contributed by atoms with Crippen molar-refractivity contribution in [1.29, 1.82) is 0 Å². The normalized spacial score (nSPS) is 17.1. The van der Waals surface area contributed by atoms with Crippen LogP contribution in [0.5, 0.6) is 0 Å². The van der Waals surface area contributed by atoms with E-state index in [1.165, 1.54) is 0 Å². The van der Waals surface area contributed by atoms with Crippen LogP contribution in [-0.2, 0) is 14.3 Å². The zero-order chi connectivity index (χ0) is 18.0. The number of hydrogen-bond donors (Lipinski definition) is 3. The van der Waals surface area contributed by atoms with Gasteiger partial charge in [0.1, 0.15) is 6.04 Å². The minimum atomic E-state index is -0.805. The van der Waals surface area contributed by atoms with Gasteiger partial charge in [-0.3, -0.25) is 4.79 Å². The van der Waals surface area contributed by atoms with Crippen LogP contribution in [0.3, 0.4) is 0 Å². The van der Waals surface area contributed by atoms with Crippen LogP contribution in [0.15, 0.2) is 0 Å². The lowest BCUT2D eigenvalue weighted by Gasteiger charge is -2.23. The van der Waals surface area contributed by atoms with Gasteiger partial charge >= 0.3 is 5.97 Å². The molecule has 0 spiro atoms. The van der Waals surface area contributed by atoms with E-state index in [0.717, 1.165) is 12.8 Å². The molecule has 4 unspecified atom stereocenters. The number of carbonyl (C=O) groups is 1. The molecule has 0 aliphatic carbocycles. The van der Waals surface area contributed by atoms with Crippen LogP contribution < -0.4 is 10.6 Å². The Hall–Kier alpha value is -0.690. The predicted octanol–water partition coefficient (Wildman–Crippen LogP) is 1.81. The van der Waals surface area contributed by atoms with Gasteiger partial charge in [0.25, 0.3) is 0 Å². The second-order valence-corrected chi connectivity index (χ2v) is 6.79. The van der Waals surface area contributed by atoms with E-state index in [-0.39, 0.29) is 30.2 Å². The molecule has 138 valence electrons. The first-order chi connectivity index (χ1) is 10.6. The van der Waals surface area contributed by atoms with Gasteiger partial charge in [0.05, 0.1) is 12.1 Å². The van der Waals surface area contributed by atoms with Crippen molar-refractivity contribution in [3.8, 4) is 0 Å². The molecular formula is C17H36N2O4. The number of aliphatic hydroxyl groups excluding tert-OH is 1. The fraction of sp³-hybridized carbons (Fsp3) is 0.941. The van der Waals surface area contributed by atoms with Gasteiger partial charge in [-0.25, -0.2) is 0 Å². The van der Waals surface area contributed by atoms with E-state index >= 15 is 0 Å². The van der Waals surface area contributed by atoms with Gasteiger partial charge in [0, 0.05) is 18.7 Å². The van der Waals surface area contributed by atoms with Crippen molar-refractivity contribution in [3.63, 3.8) is 0 Å². The quantitative estimate of drug-likeness (QED) is 0.287. The maximum atomic E-state index is 11.7. The molecule has 0 aromatic rings. The Bertz CT molecular complexity index is 324. The van der Waals surface area contributed by atoms with Crippen molar-refractivity contribution < 1.29 is 19.4 Å². The first-order valence-electron chi connectivity index (χ1n) is 8.65. The van der Waals surface area contributed by atoms with Gasteiger partial charge in [-0.05, 0) is 47.5 Å². The average molecular weight is 332 g/mol. The van der Waals surface area contributed by atoms with Gasteiger partial charge in [-0.2, -0.15) is 0 Å². The second kappa shape index (κ2) is 11.8. The molecule has 6 heteroatoms. The summed E-state index contributed by atoms with van der Waals surface area (Å²) in [6.45, 7) is 14.0. The number of esters is 1. The topological polar surface area (TPSA) is 79.8 Å². The SMILES string of the molecule is CC(C)NC(C)C(O)OCCCC(C)NC(C)C(=O)OC(C)C. The monoisotopic (exact) mass is 332 g/mol. The predicted molar refractivity (Wildman–Crippen MR) is 92.2 cm³/mol. The van der Waals surface area contributed by atoms with Crippen molar-refractivity contribution in [3.05, 3.63) is 0 Å². The lowest BCUT2D eigenvalue weighted by molar-refractivity contribution is -0.149. The van der Waals surface area contributed by atoms with Gasteiger partial charge in [-0.15, -0.1) is 0 Å². The van der Waals surface area contributed by atoms with Crippen LogP contribution in [0.1, 0.15) is 61.3 Å². The fourth-order valence-corrected chi connectivity index (χ4v) is 2.26. The van der Waals surface area contributed by atoms with Crippen molar-refractivity contribution in [2.45, 2.75) is 97.9 Å². The Kier molecular flexibility index (Phi) is 11.4. The molecule has 0 saturated carbocycles. The standard InChI is InChI=1S/C17H36N2O4/c1-11(2)18-14(6)16(20)22-10-8-9-13(5)19-15(7)17(21)23-12(3)4/h11-16,18-20H,8-10H2,1-7H3. The molecule has 0 aliphatic rings. The maximum Gasteiger partial charge on any atom is 0.323 e. The fourth-order valence-electron chi connectivity index (χ4n) is 2.26. The zero-order valence-corrected chi connectivity index (χ0v) is 15.8. The van der Waals surface area contributed by atoms with Crippen molar-refractivity contribution in [1.82, 2.24) is 10.6 Å². The molecule has 0 amide bonds. The number of ether oxygens (including phenoxy) is 2. The third kappa shape index (κ3) is 11.5. The van der Waals surface area contributed by atoms with E-state index in [4.69, 9.17) is 9.47 Å². The molecule has 0 rings (SSSR count). The molecule has 4 atom stereocenters. The Labute approximate surface area is 141 Å². The van der Waals surface area contributed by atoms with Crippen LogP contribution in [0.4, 0.5) is 0 Å². The number of rotatable bonds is 12. The van der Waals surface area contributed by atoms with Gasteiger partial charge in [0.2, 0.25) is 0 Å². The minimum Gasteiger partial charge on any atom is -0.462 e. The summed E-state index contributed by atoms with van der Waals surface area (Å²) < 4.78 is 10.6. The number of hydrogen-bond acceptors (Lipinski definition) is 6. The smallest absolute Gasteiger partial charge is 0.323 e. The lowest BCUT2D eigenvalue weighted by Crippen LogP contribution is -2.43. The van der Waals surface area contributed by atoms with Crippen LogP contribution in [0.25, 0.3) is 0 Å². The summed E-state index contributed by atoms with van der Waals surface area (Å²) in [5.41, 5.74) is 0. The number of carbonyl (C=O) groups excluding carboxylic acids is 1. The molecule has 0 aromatic heterocycles. The van der Waals surface area contributed by atoms with E-state index in [9.17, 15) is 9.90 Å². The van der Waals surface area contributed by atoms with Gasteiger partial charge in [0.15, 0.2) is 6.29 Å². The van der Waals surface area contributed by atoms with Crippen molar-refractivity contribution in [2.24, 2.45) is 0 Å². The van der Waals surface area contributed by atoms with E-state index in [0.29, 0.717) is 12.6 Å². The van der Waals surface area contributed by atoms with Gasteiger partial charge in [-0.1, -0.05) is 13.8 Å². The zero-order valence-electron chi connectivity index (χ0n) is 15.8. The van der Waals surface area contributed by atoms with E-state index < -0.39 is 6.29 Å². The summed E-state index contributed by atoms with van der Waals surface area (Å²) in [6.07, 6.45) is 0.767. The highest BCUT2D eigenvalue weighted by Gasteiger charge is 2.18. The van der Waals surface area contributed by atoms with E-state index in [1.807, 2.05) is 41.5 Å². The van der Waals surface area contributed by atoms with Gasteiger partial charge < -0.3 is 25.2 Å². The Morgan fingerprint density at radius 1 is 1.04 bits per heavy atom. The molecule has 0 aliphatic heterocycles. The number of nitrogens with one attached hydrogen (secondary N) is 2. The average Bonchev–Trinajstić information content (AvgIpc) is 2.41. The highest BCUT2D eigenvalue weighted by atomic mass is 16.6. The van der Waals surface area contributed by atoms with Crippen molar-refractivity contribution >= 4 is 5.97 Å². The third-order valence-corrected chi connectivity index (χ3v) is 3.33. The van der Waals surface area contributed by atoms with Crippen LogP contribution in [0.2, 0.25) is 0 Å². The Morgan fingerprint density at radius 3 is 2.17 bits per heavy atom. The molecule has 0 saturated heterocycles. The summed E-state index contributed by atoms with van der Waals surface area (Å²) in [5, 5.41) is 16.3. The molecule has 0 fully saturated rings. The maximum absolute atomic E-state index is 11.7. The Morgan fingerprint density at radius 2 is 1.65 bits per heavy atom. The molecule has 23 heavy (non-hydrogen) atoms. The van der Waals surface area contributed by atoms with Crippen LogP contribution >= 0.6 is 0 Å². The molecule has 0 radical (unpaired) electrons. The number of aliphatic hydroxyl groups is 1. The molecule has 0 aromatic carbocycles. The first kappa shape index (κ1) is 22.3. The summed E-state index contributed by atoms with van der Waals surface area (Å²) in [7, 11) is 0. The molecule has 0 heterocycles. The third-order valence-electron chi connectivity index (χ3n) is 3.33. The minimum absolute atomic E-state index is 0.0987. The molecule has 6 nitrogen and oxygen atoms in total. The van der Waals surface area contributed by atoms with Crippen LogP contribution in [0, 0.1) is 0 Å². The highest BCUT2D eigenvalue weighted by Crippen LogP contribution is 2.03. The molecular weight excluding hydrogens is 296 g/mol. The summed E-state index contributed by atoms with van der Waals surface area (Å²) in [6, 6.07) is 0.0572. The summed E-state index contributed by atoms with van der Waals surface area (Å²) in [5.74, 6) is -0.230. The van der Waals surface area contributed by atoms with Crippen LogP contribution in [-0.4, -0.2) is 54.2 Å². The highest BCUT2D eigenvalue weighted by molar-refractivity contribution is 5.75. The summed E-state index contributed by atoms with van der Waals surface area (Å²) >= 11 is 0. The molecule has 0 bridgehead atoms. The summed E-state index contributed by atoms with van der Waals surface area (Å²) in [4.78, 5) is 11.7. The Balaban J connectivity index is 3.85.